The molecule has 3 N–H and O–H groups in total. The van der Waals surface area contributed by atoms with E-state index in [-0.39, 0.29) is 10.6 Å². The van der Waals surface area contributed by atoms with Gasteiger partial charge in [-0.3, -0.25) is 0 Å². The number of ether oxygens (including phenoxy) is 1. The third-order valence-corrected chi connectivity index (χ3v) is 5.97. The molecule has 0 aliphatic carbocycles. The molecule has 0 aliphatic rings. The van der Waals surface area contributed by atoms with Crippen LogP contribution in [0, 0.1) is 0 Å². The Kier molecular flexibility index (Phi) is 8.09. The van der Waals surface area contributed by atoms with Crippen LogP contribution in [0.1, 0.15) is 32.3 Å². The van der Waals surface area contributed by atoms with Crippen molar-refractivity contribution in [1.29, 1.82) is 0 Å². The van der Waals surface area contributed by atoms with Crippen molar-refractivity contribution in [3.63, 3.8) is 0 Å². The molecule has 2 rings (SSSR count). The number of rotatable bonds is 9. The van der Waals surface area contributed by atoms with Crippen LogP contribution >= 0.6 is 24.0 Å². The van der Waals surface area contributed by atoms with Crippen molar-refractivity contribution in [1.82, 2.24) is 0 Å². The summed E-state index contributed by atoms with van der Waals surface area (Å²) in [5.74, 6) is 1.51. The molecule has 146 valence electrons. The largest absolute Gasteiger partial charge is 0.454 e. The summed E-state index contributed by atoms with van der Waals surface area (Å²) >= 11 is 6.91. The van der Waals surface area contributed by atoms with Gasteiger partial charge >= 0.3 is 0 Å². The predicted molar refractivity (Wildman–Crippen MR) is 118 cm³/mol. The van der Waals surface area contributed by atoms with Gasteiger partial charge in [-0.05, 0) is 36.4 Å². The quantitative estimate of drug-likeness (QED) is 0.446. The molecule has 2 aromatic rings. The Morgan fingerprint density at radius 3 is 2.52 bits per heavy atom. The van der Waals surface area contributed by atoms with E-state index in [1.54, 1.807) is 12.1 Å². The second-order valence-corrected chi connectivity index (χ2v) is 9.28. The highest BCUT2D eigenvalue weighted by Gasteiger charge is 2.22. The number of thioether (sulfide) groups is 1. The van der Waals surface area contributed by atoms with Crippen molar-refractivity contribution in [2.45, 2.75) is 31.6 Å². The number of anilines is 1. The van der Waals surface area contributed by atoms with Gasteiger partial charge in [0.2, 0.25) is 10.0 Å². The molecule has 0 saturated carbocycles. The maximum Gasteiger partial charge on any atom is 0.241 e. The molecule has 0 heterocycles. The van der Waals surface area contributed by atoms with Gasteiger partial charge < -0.3 is 10.1 Å². The van der Waals surface area contributed by atoms with Crippen molar-refractivity contribution in [3.05, 3.63) is 48.0 Å². The van der Waals surface area contributed by atoms with Gasteiger partial charge in [0.25, 0.3) is 0 Å². The van der Waals surface area contributed by atoms with Crippen molar-refractivity contribution in [3.8, 4) is 11.5 Å². The van der Waals surface area contributed by atoms with Crippen LogP contribution in [-0.2, 0) is 10.0 Å². The molecule has 2 aromatic carbocycles. The summed E-state index contributed by atoms with van der Waals surface area (Å²) < 4.78 is 31.1. The lowest BCUT2D eigenvalue weighted by molar-refractivity contribution is 0.469. The van der Waals surface area contributed by atoms with E-state index in [2.05, 4.69) is 12.2 Å². The number of benzene rings is 2. The second-order valence-electron chi connectivity index (χ2n) is 5.81. The Hall–Kier alpha value is -1.61. The minimum Gasteiger partial charge on any atom is -0.454 e. The molecule has 27 heavy (non-hydrogen) atoms. The lowest BCUT2D eigenvalue weighted by atomic mass is 10.2. The molecular formula is C19H24N2O3S3. The normalized spacial score (nSPS) is 11.2. The number of nitrogens with two attached hydrogens (primary N) is 1. The second kappa shape index (κ2) is 10.1. The Morgan fingerprint density at radius 2 is 1.93 bits per heavy atom. The highest BCUT2D eigenvalue weighted by atomic mass is 32.2. The number of para-hydroxylation sites is 1. The van der Waals surface area contributed by atoms with E-state index in [0.29, 0.717) is 27.7 Å². The number of unbranched alkanes of at least 4 members (excludes halogenated alkanes) is 1. The Labute approximate surface area is 170 Å². The monoisotopic (exact) mass is 424 g/mol. The van der Waals surface area contributed by atoms with E-state index >= 15 is 0 Å². The highest BCUT2D eigenvalue weighted by Crippen LogP contribution is 2.38. The fraction of sp³-hybridized carbons (Fsp3) is 0.316. The first-order chi connectivity index (χ1) is 12.9. The van der Waals surface area contributed by atoms with E-state index in [1.807, 2.05) is 31.2 Å². The average molecular weight is 425 g/mol. The third-order valence-electron chi connectivity index (χ3n) is 3.68. The molecule has 0 aromatic heterocycles. The summed E-state index contributed by atoms with van der Waals surface area (Å²) in [4.78, 5) is -0.0816. The van der Waals surface area contributed by atoms with Gasteiger partial charge in [-0.1, -0.05) is 50.7 Å². The third kappa shape index (κ3) is 6.21. The minimum absolute atomic E-state index is 0.0816. The van der Waals surface area contributed by atoms with E-state index in [4.69, 9.17) is 22.1 Å². The van der Waals surface area contributed by atoms with Gasteiger partial charge in [-0.25, -0.2) is 13.6 Å². The van der Waals surface area contributed by atoms with E-state index in [1.165, 1.54) is 17.8 Å². The number of thiocarbonyl (C=S) groups is 1. The van der Waals surface area contributed by atoms with Crippen LogP contribution in [0.4, 0.5) is 5.69 Å². The molecule has 5 nitrogen and oxygen atoms in total. The molecular weight excluding hydrogens is 400 g/mol. The van der Waals surface area contributed by atoms with Crippen LogP contribution in [-0.4, -0.2) is 24.9 Å². The summed E-state index contributed by atoms with van der Waals surface area (Å²) in [6, 6.07) is 12.3. The molecule has 0 unspecified atom stereocenters. The number of primary sulfonamides is 1. The van der Waals surface area contributed by atoms with E-state index in [0.717, 1.165) is 18.6 Å². The maximum atomic E-state index is 12.3. The Morgan fingerprint density at radius 1 is 1.22 bits per heavy atom. The lowest BCUT2D eigenvalue weighted by Gasteiger charge is -2.18. The van der Waals surface area contributed by atoms with Crippen LogP contribution in [0.3, 0.4) is 0 Å². The number of nitrogens with one attached hydrogen (secondary N) is 1. The Bertz CT molecular complexity index is 885. The molecule has 0 spiro atoms. The molecule has 0 aliphatic heterocycles. The van der Waals surface area contributed by atoms with E-state index < -0.39 is 10.0 Å². The van der Waals surface area contributed by atoms with Crippen molar-refractivity contribution in [2.24, 2.45) is 5.14 Å². The topological polar surface area (TPSA) is 81.4 Å². The zero-order valence-electron chi connectivity index (χ0n) is 15.4. The number of hydrogen-bond acceptors (Lipinski definition) is 6. The molecule has 0 fully saturated rings. The SMILES string of the molecule is CCCCNc1cc(C(=S)SCC)cc(S(N)(=O)=O)c1Oc1ccccc1. The van der Waals surface area contributed by atoms with Crippen LogP contribution in [0.15, 0.2) is 47.4 Å². The first kappa shape index (κ1) is 21.7. The molecule has 0 amide bonds. The summed E-state index contributed by atoms with van der Waals surface area (Å²) in [6.07, 6.45) is 1.95. The smallest absolute Gasteiger partial charge is 0.241 e. The first-order valence-corrected chi connectivity index (χ1v) is 11.7. The van der Waals surface area contributed by atoms with Gasteiger partial charge in [0.1, 0.15) is 10.6 Å². The number of sulfonamides is 1. The van der Waals surface area contributed by atoms with Crippen LogP contribution in [0.2, 0.25) is 0 Å². The molecule has 0 saturated heterocycles. The van der Waals surface area contributed by atoms with Gasteiger partial charge in [0, 0.05) is 12.1 Å². The summed E-state index contributed by atoms with van der Waals surface area (Å²) in [7, 11) is -4.01. The average Bonchev–Trinajstić information content (AvgIpc) is 2.63. The summed E-state index contributed by atoms with van der Waals surface area (Å²) in [6.45, 7) is 4.76. The fourth-order valence-corrected chi connectivity index (χ4v) is 4.11. The summed E-state index contributed by atoms with van der Waals surface area (Å²) in [5.41, 5.74) is 1.20. The maximum absolute atomic E-state index is 12.3. The van der Waals surface area contributed by atoms with Crippen LogP contribution < -0.4 is 15.2 Å². The van der Waals surface area contributed by atoms with Crippen LogP contribution in [0.25, 0.3) is 0 Å². The number of hydrogen-bond donors (Lipinski definition) is 2. The van der Waals surface area contributed by atoms with Gasteiger partial charge in [0.05, 0.1) is 9.88 Å². The van der Waals surface area contributed by atoms with Crippen molar-refractivity contribution >= 4 is 43.9 Å². The van der Waals surface area contributed by atoms with E-state index in [9.17, 15) is 8.42 Å². The molecule has 8 heteroatoms. The van der Waals surface area contributed by atoms with Crippen LogP contribution in [0.5, 0.6) is 11.5 Å². The summed E-state index contributed by atoms with van der Waals surface area (Å²) in [5, 5.41) is 8.76. The zero-order valence-corrected chi connectivity index (χ0v) is 17.8. The minimum atomic E-state index is -4.01. The molecule has 0 bridgehead atoms. The Balaban J connectivity index is 2.59. The highest BCUT2D eigenvalue weighted by molar-refractivity contribution is 8.23. The van der Waals surface area contributed by atoms with Crippen molar-refractivity contribution in [2.75, 3.05) is 17.6 Å². The van der Waals surface area contributed by atoms with Gasteiger partial charge in [-0.15, -0.1) is 11.8 Å². The fourth-order valence-electron chi connectivity index (χ4n) is 2.39. The van der Waals surface area contributed by atoms with Crippen molar-refractivity contribution < 1.29 is 13.2 Å². The first-order valence-electron chi connectivity index (χ1n) is 8.71. The molecule has 0 radical (unpaired) electrons. The predicted octanol–water partition coefficient (Wildman–Crippen LogP) is 4.77. The van der Waals surface area contributed by atoms with Gasteiger partial charge in [-0.2, -0.15) is 0 Å². The van der Waals surface area contributed by atoms with Gasteiger partial charge in [0.15, 0.2) is 5.75 Å². The standard InChI is InChI=1S/C19H24N2O3S3/c1-3-5-11-21-16-12-14(19(25)26-4-2)13-17(27(20,22)23)18(16)24-15-9-7-6-8-10-15/h6-10,12-13,21H,3-5,11H2,1-2H3,(H2,20,22,23). The lowest BCUT2D eigenvalue weighted by Crippen LogP contribution is -2.16. The molecule has 0 atom stereocenters. The zero-order chi connectivity index (χ0) is 19.9.